The van der Waals surface area contributed by atoms with Gasteiger partial charge in [0.25, 0.3) is 0 Å². The van der Waals surface area contributed by atoms with E-state index in [1.165, 1.54) is 0 Å². The Hall–Kier alpha value is -2.22. The predicted molar refractivity (Wildman–Crippen MR) is 92.1 cm³/mol. The number of carboxylic acid groups (broad SMARTS) is 1. The molecule has 1 amide bonds. The summed E-state index contributed by atoms with van der Waals surface area (Å²) in [5.41, 5.74) is -0.837. The lowest BCUT2D eigenvalue weighted by Gasteiger charge is -2.37. The molecule has 1 saturated heterocycles. The molecule has 25 heavy (non-hydrogen) atoms. The van der Waals surface area contributed by atoms with Gasteiger partial charge in [0.15, 0.2) is 0 Å². The van der Waals surface area contributed by atoms with Gasteiger partial charge in [0, 0.05) is 25.9 Å². The fourth-order valence-electron chi connectivity index (χ4n) is 3.04. The Morgan fingerprint density at radius 1 is 1.48 bits per heavy atom. The maximum Gasteiger partial charge on any atom is 0.311 e. The lowest BCUT2D eigenvalue weighted by atomic mass is 9.82. The number of amides is 1. The molecule has 1 aliphatic rings. The van der Waals surface area contributed by atoms with Gasteiger partial charge in [0.05, 0.1) is 10.3 Å². The van der Waals surface area contributed by atoms with Gasteiger partial charge in [-0.1, -0.05) is 11.2 Å². The number of likely N-dealkylation sites (tertiary alicyclic amines) is 1. The maximum absolute atomic E-state index is 12.4. The smallest absolute Gasteiger partial charge is 0.311 e. The highest BCUT2D eigenvalue weighted by Gasteiger charge is 2.39. The molecule has 2 aromatic rings. The minimum atomic E-state index is -0.837. The van der Waals surface area contributed by atoms with Crippen LogP contribution in [-0.4, -0.2) is 45.1 Å². The van der Waals surface area contributed by atoms with E-state index in [0.717, 1.165) is 11.3 Å². The molecule has 8 heteroatoms. The molecular weight excluding hydrogens is 342 g/mol. The highest BCUT2D eigenvalue weighted by Crippen LogP contribution is 2.30. The van der Waals surface area contributed by atoms with E-state index in [4.69, 9.17) is 4.52 Å². The molecule has 0 saturated carbocycles. The van der Waals surface area contributed by atoms with Gasteiger partial charge in [-0.25, -0.2) is 0 Å². The first-order chi connectivity index (χ1) is 12.0. The van der Waals surface area contributed by atoms with Crippen molar-refractivity contribution < 1.29 is 19.2 Å². The Kier molecular flexibility index (Phi) is 5.17. The van der Waals surface area contributed by atoms with E-state index in [2.05, 4.69) is 10.1 Å². The molecule has 0 radical (unpaired) electrons. The lowest BCUT2D eigenvalue weighted by molar-refractivity contribution is -0.153. The van der Waals surface area contributed by atoms with Crippen LogP contribution in [0, 0.1) is 5.41 Å². The second-order valence-corrected chi connectivity index (χ2v) is 7.57. The second kappa shape index (κ2) is 7.35. The number of piperidine rings is 1. The van der Waals surface area contributed by atoms with Crippen molar-refractivity contribution in [2.24, 2.45) is 5.41 Å². The first kappa shape index (κ1) is 17.6. The average molecular weight is 363 g/mol. The number of hydrogen-bond donors (Lipinski definition) is 1. The van der Waals surface area contributed by atoms with Crippen molar-refractivity contribution in [3.63, 3.8) is 0 Å². The van der Waals surface area contributed by atoms with Crippen molar-refractivity contribution in [1.82, 2.24) is 15.0 Å². The Bertz CT molecular complexity index is 743. The number of nitrogens with zero attached hydrogens (tertiary/aromatic N) is 3. The summed E-state index contributed by atoms with van der Waals surface area (Å²) in [6.07, 6.45) is 2.83. The molecule has 0 aromatic carbocycles. The third kappa shape index (κ3) is 4.07. The summed E-state index contributed by atoms with van der Waals surface area (Å²) in [4.78, 5) is 30.7. The molecule has 1 aliphatic heterocycles. The second-order valence-electron chi connectivity index (χ2n) is 6.63. The molecule has 1 fully saturated rings. The number of aromatic nitrogens is 2. The van der Waals surface area contributed by atoms with Gasteiger partial charge in [-0.05, 0) is 37.6 Å². The van der Waals surface area contributed by atoms with Gasteiger partial charge in [0.1, 0.15) is 0 Å². The zero-order valence-electron chi connectivity index (χ0n) is 14.1. The van der Waals surface area contributed by atoms with Crippen molar-refractivity contribution in [2.45, 2.75) is 39.0 Å². The van der Waals surface area contributed by atoms with Crippen molar-refractivity contribution >= 4 is 23.2 Å². The number of aliphatic carboxylic acids is 1. The molecule has 0 spiro atoms. The number of carbonyl (C=O) groups is 2. The first-order valence-corrected chi connectivity index (χ1v) is 9.23. The minimum Gasteiger partial charge on any atom is -0.481 e. The highest BCUT2D eigenvalue weighted by atomic mass is 32.1. The Balaban J connectivity index is 1.49. The predicted octanol–water partition coefficient (Wildman–Crippen LogP) is 2.83. The van der Waals surface area contributed by atoms with Crippen molar-refractivity contribution in [3.05, 3.63) is 23.4 Å². The highest BCUT2D eigenvalue weighted by molar-refractivity contribution is 7.13. The van der Waals surface area contributed by atoms with Crippen LogP contribution in [0.5, 0.6) is 0 Å². The first-order valence-electron chi connectivity index (χ1n) is 8.35. The van der Waals surface area contributed by atoms with Gasteiger partial charge in [-0.3, -0.25) is 9.59 Å². The van der Waals surface area contributed by atoms with Crippen LogP contribution in [0.1, 0.15) is 38.5 Å². The molecule has 7 nitrogen and oxygen atoms in total. The third-order valence-electron chi connectivity index (χ3n) is 4.56. The standard InChI is InChI=1S/C17H21N3O4S/c1-17(16(22)23)8-4-9-20(11-17)14(21)7-2-6-13-18-15(19-24-13)12-5-3-10-25-12/h3,5,10H,2,4,6-9,11H2,1H3,(H,22,23). The summed E-state index contributed by atoms with van der Waals surface area (Å²) in [5.74, 6) is 0.247. The van der Waals surface area contributed by atoms with Gasteiger partial charge >= 0.3 is 5.97 Å². The van der Waals surface area contributed by atoms with Crippen molar-refractivity contribution in [1.29, 1.82) is 0 Å². The number of carbonyl (C=O) groups excluding carboxylic acids is 1. The molecular formula is C17H21N3O4S. The van der Waals surface area contributed by atoms with Crippen molar-refractivity contribution in [2.75, 3.05) is 13.1 Å². The summed E-state index contributed by atoms with van der Waals surface area (Å²) in [5, 5.41) is 15.2. The van der Waals surface area contributed by atoms with Crippen LogP contribution in [0.3, 0.4) is 0 Å². The molecule has 1 unspecified atom stereocenters. The number of carboxylic acids is 1. The van der Waals surface area contributed by atoms with Crippen LogP contribution in [-0.2, 0) is 16.0 Å². The third-order valence-corrected chi connectivity index (χ3v) is 5.42. The molecule has 3 rings (SSSR count). The molecule has 0 bridgehead atoms. The Morgan fingerprint density at radius 3 is 3.04 bits per heavy atom. The number of thiophene rings is 1. The zero-order valence-corrected chi connectivity index (χ0v) is 14.9. The number of aryl methyl sites for hydroxylation is 1. The van der Waals surface area contributed by atoms with Gasteiger partial charge in [-0.15, -0.1) is 11.3 Å². The van der Waals surface area contributed by atoms with Gasteiger partial charge < -0.3 is 14.5 Å². The molecule has 0 aliphatic carbocycles. The van der Waals surface area contributed by atoms with E-state index < -0.39 is 11.4 Å². The molecule has 1 N–H and O–H groups in total. The van der Waals surface area contributed by atoms with E-state index in [1.54, 1.807) is 23.2 Å². The lowest BCUT2D eigenvalue weighted by Crippen LogP contribution is -2.48. The van der Waals surface area contributed by atoms with Crippen LogP contribution in [0.15, 0.2) is 22.0 Å². The van der Waals surface area contributed by atoms with E-state index in [1.807, 2.05) is 17.5 Å². The molecule has 3 heterocycles. The minimum absolute atomic E-state index is 0.00910. The summed E-state index contributed by atoms with van der Waals surface area (Å²) >= 11 is 1.55. The number of hydrogen-bond acceptors (Lipinski definition) is 6. The quantitative estimate of drug-likeness (QED) is 0.848. The van der Waals surface area contributed by atoms with E-state index in [0.29, 0.717) is 43.9 Å². The van der Waals surface area contributed by atoms with Gasteiger partial charge in [-0.2, -0.15) is 4.98 Å². The normalized spacial score (nSPS) is 20.6. The molecule has 2 aromatic heterocycles. The summed E-state index contributed by atoms with van der Waals surface area (Å²) in [7, 11) is 0. The van der Waals surface area contributed by atoms with Crippen molar-refractivity contribution in [3.8, 4) is 10.7 Å². The van der Waals surface area contributed by atoms with E-state index in [-0.39, 0.29) is 12.5 Å². The SMILES string of the molecule is CC1(C(=O)O)CCCN(C(=O)CCCc2nc(-c3cccs3)no2)C1. The van der Waals surface area contributed by atoms with Gasteiger partial charge in [0.2, 0.25) is 17.6 Å². The summed E-state index contributed by atoms with van der Waals surface area (Å²) in [6.45, 7) is 2.62. The monoisotopic (exact) mass is 363 g/mol. The van der Waals surface area contributed by atoms with Crippen LogP contribution < -0.4 is 0 Å². The van der Waals surface area contributed by atoms with Crippen LogP contribution in [0.4, 0.5) is 0 Å². The van der Waals surface area contributed by atoms with E-state index >= 15 is 0 Å². The van der Waals surface area contributed by atoms with Crippen LogP contribution >= 0.6 is 11.3 Å². The zero-order chi connectivity index (χ0) is 17.9. The molecule has 134 valence electrons. The topological polar surface area (TPSA) is 96.5 Å². The number of rotatable bonds is 6. The van der Waals surface area contributed by atoms with Crippen LogP contribution in [0.2, 0.25) is 0 Å². The maximum atomic E-state index is 12.4. The summed E-state index contributed by atoms with van der Waals surface area (Å²) < 4.78 is 5.22. The Morgan fingerprint density at radius 2 is 2.32 bits per heavy atom. The fraction of sp³-hybridized carbons (Fsp3) is 0.529. The van der Waals surface area contributed by atoms with E-state index in [9.17, 15) is 14.7 Å². The van der Waals surface area contributed by atoms with Crippen LogP contribution in [0.25, 0.3) is 10.7 Å². The summed E-state index contributed by atoms with van der Waals surface area (Å²) in [6, 6.07) is 3.86. The fourth-order valence-corrected chi connectivity index (χ4v) is 3.69. The molecule has 1 atom stereocenters. The largest absolute Gasteiger partial charge is 0.481 e. The average Bonchev–Trinajstić information content (AvgIpc) is 3.26. The Labute approximate surface area is 149 Å².